The van der Waals surface area contributed by atoms with Crippen molar-refractivity contribution < 1.29 is 19.4 Å². The number of likely N-dealkylation sites (tertiary alicyclic amines) is 1. The minimum Gasteiger partial charge on any atom is -0.481 e. The highest BCUT2D eigenvalue weighted by atomic mass is 16.5. The van der Waals surface area contributed by atoms with Gasteiger partial charge in [-0.05, 0) is 132 Å². The summed E-state index contributed by atoms with van der Waals surface area (Å²) in [4.78, 5) is 36.2. The predicted molar refractivity (Wildman–Crippen MR) is 207 cm³/mol. The Balaban J connectivity index is 1.04. The smallest absolute Gasteiger partial charge is 0.315 e. The van der Waals surface area contributed by atoms with Crippen molar-refractivity contribution in [2.45, 2.75) is 149 Å². The van der Waals surface area contributed by atoms with Crippen LogP contribution in [0.3, 0.4) is 0 Å². The summed E-state index contributed by atoms with van der Waals surface area (Å²) in [6.07, 6.45) is 22.9. The average molecular weight is 720 g/mol. The largest absolute Gasteiger partial charge is 0.481 e. The van der Waals surface area contributed by atoms with Gasteiger partial charge in [0.25, 0.3) is 0 Å². The third kappa shape index (κ3) is 5.94. The Labute approximate surface area is 316 Å². The number of fused-ring (bicyclic) bond motifs is 2. The standard InChI is InChI=1S/C45H73N3O4/c1-5-46(21-12-22-48(35-16-17-35)24-23-47-19-10-7-11-20-47)29-40-36(33-13-8-6-9-14-33)26-41(52-40)44-28-37-32(4)15-18-38(37)43(30-49)27-34(44)25-39(31(2)3)45(43,44)42(50)51/h25,30-38,40-41H,5-24,26-29H2,1-4H3,(H,50,51)/t32-,34?,36?,37-,38-,40?,41?,43?,44?,45+/m1/s1. The Morgan fingerprint density at radius 2 is 1.73 bits per heavy atom. The molecule has 8 aliphatic rings. The number of rotatable bonds is 16. The normalized spacial score (nSPS) is 42.1. The molecule has 0 aromatic heterocycles. The lowest BCUT2D eigenvalue weighted by atomic mass is 9.41. The zero-order chi connectivity index (χ0) is 36.3. The maximum Gasteiger partial charge on any atom is 0.315 e. The molecule has 0 amide bonds. The molecule has 1 N–H and O–H groups in total. The Hall–Kier alpha value is -1.28. The number of piperidine rings is 1. The maximum absolute atomic E-state index is 14.3. The van der Waals surface area contributed by atoms with E-state index in [2.05, 4.69) is 48.5 Å². The summed E-state index contributed by atoms with van der Waals surface area (Å²) in [5.41, 5.74) is -1.44. The zero-order valence-electron chi connectivity index (χ0n) is 33.4. The summed E-state index contributed by atoms with van der Waals surface area (Å²) in [6.45, 7) is 18.4. The molecule has 2 aliphatic heterocycles. The van der Waals surface area contributed by atoms with Crippen LogP contribution in [0.15, 0.2) is 11.6 Å². The molecule has 6 aliphatic carbocycles. The van der Waals surface area contributed by atoms with Gasteiger partial charge in [-0.1, -0.05) is 84.3 Å². The number of ether oxygens (including phenoxy) is 1. The fraction of sp³-hybridized carbons (Fsp3) is 0.911. The van der Waals surface area contributed by atoms with Crippen LogP contribution in [0.4, 0.5) is 0 Å². The summed E-state index contributed by atoms with van der Waals surface area (Å²) < 4.78 is 7.59. The lowest BCUT2D eigenvalue weighted by Crippen LogP contribution is -2.65. The lowest BCUT2D eigenvalue weighted by Gasteiger charge is -2.60. The van der Waals surface area contributed by atoms with Gasteiger partial charge in [0.1, 0.15) is 11.7 Å². The van der Waals surface area contributed by atoms with E-state index in [4.69, 9.17) is 4.74 Å². The first-order valence-electron chi connectivity index (χ1n) is 22.5. The van der Waals surface area contributed by atoms with Crippen LogP contribution in [0.25, 0.3) is 0 Å². The first-order valence-corrected chi connectivity index (χ1v) is 22.5. The molecule has 52 heavy (non-hydrogen) atoms. The minimum atomic E-state index is -1.15. The van der Waals surface area contributed by atoms with E-state index in [0.29, 0.717) is 30.1 Å². The van der Waals surface area contributed by atoms with Gasteiger partial charge in [-0.25, -0.2) is 0 Å². The molecular weight excluding hydrogens is 647 g/mol. The fourth-order valence-electron chi connectivity index (χ4n) is 14.7. The van der Waals surface area contributed by atoms with Crippen LogP contribution in [0, 0.1) is 57.7 Å². The highest BCUT2D eigenvalue weighted by Crippen LogP contribution is 2.84. The second kappa shape index (κ2) is 15.0. The fourth-order valence-corrected chi connectivity index (χ4v) is 14.7. The Bertz CT molecular complexity index is 1320. The van der Waals surface area contributed by atoms with Crippen LogP contribution in [-0.2, 0) is 14.3 Å². The first-order chi connectivity index (χ1) is 25.2. The molecule has 7 heteroatoms. The van der Waals surface area contributed by atoms with Gasteiger partial charge in [-0.15, -0.1) is 0 Å². The molecule has 0 aromatic rings. The van der Waals surface area contributed by atoms with E-state index in [0.717, 1.165) is 56.9 Å². The van der Waals surface area contributed by atoms with Gasteiger partial charge in [0.05, 0.1) is 17.6 Å². The van der Waals surface area contributed by atoms with E-state index in [-0.39, 0.29) is 30.0 Å². The quantitative estimate of drug-likeness (QED) is 0.128. The summed E-state index contributed by atoms with van der Waals surface area (Å²) in [7, 11) is 0. The number of aliphatic carboxylic acids is 1. The van der Waals surface area contributed by atoms with Crippen LogP contribution >= 0.6 is 0 Å². The Morgan fingerprint density at radius 3 is 2.40 bits per heavy atom. The van der Waals surface area contributed by atoms with E-state index in [1.54, 1.807) is 0 Å². The molecule has 2 saturated heterocycles. The molecule has 0 aromatic carbocycles. The molecule has 10 atom stereocenters. The van der Waals surface area contributed by atoms with Gasteiger partial charge >= 0.3 is 5.97 Å². The van der Waals surface area contributed by atoms with E-state index < -0.39 is 22.2 Å². The predicted octanol–water partition coefficient (Wildman–Crippen LogP) is 7.93. The molecule has 8 rings (SSSR count). The van der Waals surface area contributed by atoms with Gasteiger partial charge in [0, 0.05) is 31.1 Å². The summed E-state index contributed by atoms with van der Waals surface area (Å²) in [5, 5.41) is 11.7. The van der Waals surface area contributed by atoms with Gasteiger partial charge in [-0.3, -0.25) is 9.69 Å². The van der Waals surface area contributed by atoms with Crippen molar-refractivity contribution in [2.24, 2.45) is 57.7 Å². The number of likely N-dealkylation sites (N-methyl/N-ethyl adjacent to an activating group) is 1. The second-order valence-electron chi connectivity index (χ2n) is 19.7. The van der Waals surface area contributed by atoms with Crippen LogP contribution in [0.1, 0.15) is 130 Å². The molecule has 2 heterocycles. The van der Waals surface area contributed by atoms with Crippen molar-refractivity contribution in [1.29, 1.82) is 0 Å². The highest BCUT2D eigenvalue weighted by molar-refractivity contribution is 5.90. The molecule has 5 saturated carbocycles. The average Bonchev–Trinajstić information content (AvgIpc) is 3.65. The van der Waals surface area contributed by atoms with Gasteiger partial charge in [0.15, 0.2) is 0 Å². The third-order valence-corrected chi connectivity index (χ3v) is 17.2. The lowest BCUT2D eigenvalue weighted by molar-refractivity contribution is -0.197. The monoisotopic (exact) mass is 720 g/mol. The molecule has 4 bridgehead atoms. The topological polar surface area (TPSA) is 73.3 Å². The van der Waals surface area contributed by atoms with E-state index in [1.807, 2.05) is 0 Å². The van der Waals surface area contributed by atoms with Crippen LogP contribution < -0.4 is 0 Å². The molecule has 292 valence electrons. The first kappa shape index (κ1) is 37.6. The second-order valence-corrected chi connectivity index (χ2v) is 19.7. The number of carboxylic acid groups (broad SMARTS) is 1. The number of nitrogens with zero attached hydrogens (tertiary/aromatic N) is 3. The number of carbonyl (C=O) groups is 2. The van der Waals surface area contributed by atoms with Crippen molar-refractivity contribution >= 4 is 12.3 Å². The van der Waals surface area contributed by atoms with Crippen molar-refractivity contribution in [3.63, 3.8) is 0 Å². The van der Waals surface area contributed by atoms with E-state index in [9.17, 15) is 14.7 Å². The Morgan fingerprint density at radius 1 is 0.981 bits per heavy atom. The summed E-state index contributed by atoms with van der Waals surface area (Å²) >= 11 is 0. The minimum absolute atomic E-state index is 0.104. The number of hydrogen-bond acceptors (Lipinski definition) is 6. The molecular formula is C45H73N3O4. The van der Waals surface area contributed by atoms with Gasteiger partial charge < -0.3 is 24.4 Å². The number of aldehydes is 1. The van der Waals surface area contributed by atoms with Crippen molar-refractivity contribution in [1.82, 2.24) is 14.7 Å². The van der Waals surface area contributed by atoms with Crippen molar-refractivity contribution in [3.05, 3.63) is 11.6 Å². The van der Waals surface area contributed by atoms with Crippen molar-refractivity contribution in [3.8, 4) is 0 Å². The maximum atomic E-state index is 14.3. The third-order valence-electron chi connectivity index (χ3n) is 17.2. The number of carboxylic acids is 1. The number of carbonyl (C=O) groups excluding carboxylic acids is 1. The number of allylic oxidation sites excluding steroid dienone is 1. The molecule has 7 nitrogen and oxygen atoms in total. The Kier molecular flexibility index (Phi) is 10.9. The van der Waals surface area contributed by atoms with Crippen LogP contribution in [0.5, 0.6) is 0 Å². The molecule has 7 fully saturated rings. The summed E-state index contributed by atoms with van der Waals surface area (Å²) in [6, 6.07) is 0.803. The zero-order valence-corrected chi connectivity index (χ0v) is 33.4. The summed E-state index contributed by atoms with van der Waals surface area (Å²) in [5.74, 6) is 1.74. The van der Waals surface area contributed by atoms with Crippen LogP contribution in [0.2, 0.25) is 0 Å². The SMILES string of the molecule is CCN(CCCN(CCN1CCCCC1)C1CC1)CC1OC(C23C[C@@H]4[C@H](C)CC[C@H]4C4(C=O)CC2C=C(C(C)C)[C@@]34C(=O)O)CC1C1CCCCC1. The van der Waals surface area contributed by atoms with E-state index >= 15 is 0 Å². The molecule has 6 unspecified atom stereocenters. The van der Waals surface area contributed by atoms with E-state index in [1.165, 1.54) is 110 Å². The highest BCUT2D eigenvalue weighted by Gasteiger charge is 2.86. The molecule has 0 radical (unpaired) electrons. The van der Waals surface area contributed by atoms with Gasteiger partial charge in [0.2, 0.25) is 0 Å². The van der Waals surface area contributed by atoms with Gasteiger partial charge in [-0.2, -0.15) is 0 Å². The number of hydrogen-bond donors (Lipinski definition) is 1. The van der Waals surface area contributed by atoms with Crippen LogP contribution in [-0.4, -0.2) is 103 Å². The molecule has 0 spiro atoms. The van der Waals surface area contributed by atoms with Crippen molar-refractivity contribution in [2.75, 3.05) is 52.4 Å².